The minimum absolute atomic E-state index is 0.0219. The summed E-state index contributed by atoms with van der Waals surface area (Å²) in [6.07, 6.45) is -4.43. The van der Waals surface area contributed by atoms with Crippen LogP contribution in [0, 0.1) is 12.7 Å². The standard InChI is InChI=1S/C24H18F6O/c1-15-2-11-20(21(25)12-15)17-7-9-19(10-8-17)23(27)22(26)18-5-3-16(4-6-18)13-31-14-24(28,29)30/h2-12H,13-14H2,1H3/b23-22-. The maximum Gasteiger partial charge on any atom is 0.411 e. The van der Waals surface area contributed by atoms with Crippen LogP contribution in [0.15, 0.2) is 66.7 Å². The molecule has 0 heterocycles. The molecule has 0 aromatic heterocycles. The number of aryl methyl sites for hydroxylation is 1. The van der Waals surface area contributed by atoms with Crippen molar-refractivity contribution in [1.29, 1.82) is 0 Å². The van der Waals surface area contributed by atoms with Gasteiger partial charge in [-0.1, -0.05) is 60.7 Å². The van der Waals surface area contributed by atoms with Gasteiger partial charge in [0.1, 0.15) is 12.4 Å². The van der Waals surface area contributed by atoms with E-state index in [0.29, 0.717) is 16.7 Å². The van der Waals surface area contributed by atoms with Gasteiger partial charge >= 0.3 is 6.18 Å². The maximum atomic E-state index is 14.6. The second-order valence-corrected chi connectivity index (χ2v) is 6.99. The van der Waals surface area contributed by atoms with Crippen molar-refractivity contribution in [3.8, 4) is 11.1 Å². The molecule has 7 heteroatoms. The number of alkyl halides is 3. The van der Waals surface area contributed by atoms with Crippen LogP contribution in [0.1, 0.15) is 22.3 Å². The van der Waals surface area contributed by atoms with E-state index < -0.39 is 30.3 Å². The molecule has 0 saturated carbocycles. The molecular weight excluding hydrogens is 418 g/mol. The molecule has 3 aromatic rings. The molecule has 0 atom stereocenters. The summed E-state index contributed by atoms with van der Waals surface area (Å²) in [6, 6.07) is 15.7. The Kier molecular flexibility index (Phi) is 6.85. The highest BCUT2D eigenvalue weighted by atomic mass is 19.4. The number of benzene rings is 3. The molecule has 0 radical (unpaired) electrons. The highest BCUT2D eigenvalue weighted by Crippen LogP contribution is 2.31. The van der Waals surface area contributed by atoms with Crippen LogP contribution in [0.5, 0.6) is 0 Å². The van der Waals surface area contributed by atoms with E-state index in [2.05, 4.69) is 4.74 Å². The summed E-state index contributed by atoms with van der Waals surface area (Å²) in [4.78, 5) is 0. The Labute approximate surface area is 175 Å². The van der Waals surface area contributed by atoms with Crippen molar-refractivity contribution in [2.24, 2.45) is 0 Å². The van der Waals surface area contributed by atoms with Gasteiger partial charge in [0.2, 0.25) is 0 Å². The van der Waals surface area contributed by atoms with Gasteiger partial charge in [0.05, 0.1) is 6.61 Å². The largest absolute Gasteiger partial charge is 0.411 e. The lowest BCUT2D eigenvalue weighted by molar-refractivity contribution is -0.176. The molecule has 162 valence electrons. The quantitative estimate of drug-likeness (QED) is 0.285. The van der Waals surface area contributed by atoms with E-state index in [1.54, 1.807) is 19.1 Å². The van der Waals surface area contributed by atoms with E-state index in [1.807, 2.05) is 0 Å². The first kappa shape index (κ1) is 22.6. The zero-order chi connectivity index (χ0) is 22.6. The van der Waals surface area contributed by atoms with E-state index in [9.17, 15) is 26.3 Å². The Morgan fingerprint density at radius 1 is 0.806 bits per heavy atom. The number of hydrogen-bond acceptors (Lipinski definition) is 1. The molecule has 0 saturated heterocycles. The van der Waals surface area contributed by atoms with E-state index in [1.165, 1.54) is 54.6 Å². The minimum Gasteiger partial charge on any atom is -0.367 e. The Morgan fingerprint density at radius 3 is 1.87 bits per heavy atom. The summed E-state index contributed by atoms with van der Waals surface area (Å²) in [5, 5.41) is 0. The van der Waals surface area contributed by atoms with Crippen molar-refractivity contribution in [2.75, 3.05) is 6.61 Å². The lowest BCUT2D eigenvalue weighted by Crippen LogP contribution is -2.16. The van der Waals surface area contributed by atoms with E-state index in [4.69, 9.17) is 0 Å². The number of rotatable bonds is 6. The normalized spacial score (nSPS) is 12.6. The number of halogens is 6. The van der Waals surface area contributed by atoms with Gasteiger partial charge in [-0.3, -0.25) is 0 Å². The summed E-state index contributed by atoms with van der Waals surface area (Å²) >= 11 is 0. The van der Waals surface area contributed by atoms with Gasteiger partial charge in [-0.2, -0.15) is 13.2 Å². The smallest absolute Gasteiger partial charge is 0.367 e. The molecule has 0 unspecified atom stereocenters. The monoisotopic (exact) mass is 436 g/mol. The van der Waals surface area contributed by atoms with Gasteiger partial charge in [-0.15, -0.1) is 0 Å². The third kappa shape index (κ3) is 5.98. The highest BCUT2D eigenvalue weighted by Gasteiger charge is 2.27. The van der Waals surface area contributed by atoms with Gasteiger partial charge in [0.15, 0.2) is 11.7 Å². The van der Waals surface area contributed by atoms with Crippen molar-refractivity contribution >= 4 is 11.7 Å². The van der Waals surface area contributed by atoms with E-state index in [0.717, 1.165) is 5.56 Å². The second kappa shape index (κ2) is 9.39. The number of ether oxygens (including phenoxy) is 1. The predicted molar refractivity (Wildman–Crippen MR) is 108 cm³/mol. The molecule has 0 aliphatic rings. The molecule has 0 bridgehead atoms. The van der Waals surface area contributed by atoms with Crippen LogP contribution in [0.3, 0.4) is 0 Å². The number of hydrogen-bond donors (Lipinski definition) is 0. The molecule has 3 aromatic carbocycles. The minimum atomic E-state index is -4.43. The van der Waals surface area contributed by atoms with Crippen LogP contribution in [0.2, 0.25) is 0 Å². The van der Waals surface area contributed by atoms with E-state index in [-0.39, 0.29) is 17.7 Å². The third-order valence-electron chi connectivity index (χ3n) is 4.51. The van der Waals surface area contributed by atoms with Gasteiger partial charge in [-0.05, 0) is 29.7 Å². The first-order valence-electron chi connectivity index (χ1n) is 9.30. The Balaban J connectivity index is 1.74. The Bertz CT molecular complexity index is 1070. The van der Waals surface area contributed by atoms with Crippen molar-refractivity contribution in [3.05, 3.63) is 94.8 Å². The molecule has 0 aliphatic heterocycles. The van der Waals surface area contributed by atoms with E-state index >= 15 is 0 Å². The predicted octanol–water partition coefficient (Wildman–Crippen LogP) is 7.64. The summed E-state index contributed by atoms with van der Waals surface area (Å²) in [5.41, 5.74) is 1.96. The summed E-state index contributed by atoms with van der Waals surface area (Å²) < 4.78 is 84.1. The van der Waals surface area contributed by atoms with Crippen LogP contribution in [0.4, 0.5) is 26.3 Å². The molecule has 1 nitrogen and oxygen atoms in total. The van der Waals surface area contributed by atoms with Crippen LogP contribution in [-0.4, -0.2) is 12.8 Å². The SMILES string of the molecule is Cc1ccc(-c2ccc(/C(F)=C(/F)c3ccc(COCC(F)(F)F)cc3)cc2)c(F)c1. The Morgan fingerprint density at radius 2 is 1.35 bits per heavy atom. The third-order valence-corrected chi connectivity index (χ3v) is 4.51. The fourth-order valence-electron chi connectivity index (χ4n) is 2.94. The van der Waals surface area contributed by atoms with Crippen LogP contribution in [0.25, 0.3) is 22.8 Å². The van der Waals surface area contributed by atoms with Crippen LogP contribution >= 0.6 is 0 Å². The summed E-state index contributed by atoms with van der Waals surface area (Å²) in [7, 11) is 0. The Hall–Kier alpha value is -3.06. The fraction of sp³-hybridized carbons (Fsp3) is 0.167. The zero-order valence-corrected chi connectivity index (χ0v) is 16.4. The molecule has 0 amide bonds. The molecule has 0 N–H and O–H groups in total. The highest BCUT2D eigenvalue weighted by molar-refractivity contribution is 5.83. The molecular formula is C24H18F6O. The molecule has 0 aliphatic carbocycles. The lowest BCUT2D eigenvalue weighted by atomic mass is 10.0. The van der Waals surface area contributed by atoms with Gasteiger partial charge in [0, 0.05) is 16.7 Å². The van der Waals surface area contributed by atoms with Crippen molar-refractivity contribution in [2.45, 2.75) is 19.7 Å². The van der Waals surface area contributed by atoms with Gasteiger partial charge in [0.25, 0.3) is 0 Å². The van der Waals surface area contributed by atoms with Crippen LogP contribution < -0.4 is 0 Å². The summed E-state index contributed by atoms with van der Waals surface area (Å²) in [5.74, 6) is -2.62. The molecule has 0 spiro atoms. The van der Waals surface area contributed by atoms with Crippen molar-refractivity contribution in [3.63, 3.8) is 0 Å². The first-order chi connectivity index (χ1) is 14.6. The fourth-order valence-corrected chi connectivity index (χ4v) is 2.94. The van der Waals surface area contributed by atoms with Crippen LogP contribution in [-0.2, 0) is 11.3 Å². The second-order valence-electron chi connectivity index (χ2n) is 6.99. The summed E-state index contributed by atoms with van der Waals surface area (Å²) in [6.45, 7) is 0.0752. The zero-order valence-electron chi connectivity index (χ0n) is 16.4. The van der Waals surface area contributed by atoms with Gasteiger partial charge in [-0.25, -0.2) is 13.2 Å². The molecule has 31 heavy (non-hydrogen) atoms. The van der Waals surface area contributed by atoms with Crippen molar-refractivity contribution < 1.29 is 31.1 Å². The first-order valence-corrected chi connectivity index (χ1v) is 9.30. The average Bonchev–Trinajstić information content (AvgIpc) is 2.72. The molecule has 3 rings (SSSR count). The van der Waals surface area contributed by atoms with Gasteiger partial charge < -0.3 is 4.74 Å². The van der Waals surface area contributed by atoms with Crippen molar-refractivity contribution in [1.82, 2.24) is 0 Å². The average molecular weight is 436 g/mol. The maximum absolute atomic E-state index is 14.6. The molecule has 0 fully saturated rings. The topological polar surface area (TPSA) is 9.23 Å². The lowest BCUT2D eigenvalue weighted by Gasteiger charge is -2.08.